The first-order chi connectivity index (χ1) is 12.6. The van der Waals surface area contributed by atoms with Crippen LogP contribution in [0.2, 0.25) is 5.02 Å². The van der Waals surface area contributed by atoms with E-state index in [-0.39, 0.29) is 5.91 Å². The zero-order valence-electron chi connectivity index (χ0n) is 16.0. The highest BCUT2D eigenvalue weighted by molar-refractivity contribution is 6.30. The first-order valence-corrected chi connectivity index (χ1v) is 10.1. The van der Waals surface area contributed by atoms with Crippen LogP contribution in [0.4, 0.5) is 5.69 Å². The third-order valence-electron chi connectivity index (χ3n) is 5.09. The van der Waals surface area contributed by atoms with Crippen LogP contribution in [0.25, 0.3) is 0 Å². The molecule has 1 saturated heterocycles. The van der Waals surface area contributed by atoms with E-state index in [1.165, 1.54) is 0 Å². The summed E-state index contributed by atoms with van der Waals surface area (Å²) in [5, 5.41) is 0.676. The number of halogens is 1. The Morgan fingerprint density at radius 2 is 1.69 bits per heavy atom. The summed E-state index contributed by atoms with van der Waals surface area (Å²) in [5.74, 6) is 0.0521. The molecule has 26 heavy (non-hydrogen) atoms. The number of benzene rings is 1. The normalized spacial score (nSPS) is 15.7. The minimum Gasteiger partial charge on any atom is -0.379 e. The van der Waals surface area contributed by atoms with Crippen molar-refractivity contribution in [1.29, 1.82) is 0 Å². The summed E-state index contributed by atoms with van der Waals surface area (Å²) in [6.45, 7) is 7.35. The number of hydrogen-bond donors (Lipinski definition) is 2. The summed E-state index contributed by atoms with van der Waals surface area (Å²) in [4.78, 5) is 15.7. The zero-order valence-corrected chi connectivity index (χ0v) is 16.8. The Bertz CT molecular complexity index is 536. The summed E-state index contributed by atoms with van der Waals surface area (Å²) < 4.78 is 5.52. The molecule has 0 unspecified atom stereocenters. The molecule has 5 nitrogen and oxygen atoms in total. The van der Waals surface area contributed by atoms with Gasteiger partial charge < -0.3 is 4.74 Å². The van der Waals surface area contributed by atoms with Crippen LogP contribution in [0.15, 0.2) is 24.3 Å². The lowest BCUT2D eigenvalue weighted by molar-refractivity contribution is -0.138. The molecular weight excluding hydrogens is 350 g/mol. The van der Waals surface area contributed by atoms with Gasteiger partial charge in [-0.25, -0.2) is 0 Å². The Morgan fingerprint density at radius 3 is 2.23 bits per heavy atom. The molecule has 1 aromatic carbocycles. The van der Waals surface area contributed by atoms with Crippen LogP contribution in [-0.2, 0) is 9.53 Å². The molecule has 0 saturated carbocycles. The molecule has 1 heterocycles. The molecule has 0 aromatic heterocycles. The van der Waals surface area contributed by atoms with E-state index in [4.69, 9.17) is 16.3 Å². The number of morpholine rings is 1. The molecule has 0 spiro atoms. The quantitative estimate of drug-likeness (QED) is 0.595. The number of carbonyl (C=O) groups excluding carboxylic acids is 1. The molecule has 1 aliphatic rings. The number of carbonyl (C=O) groups is 1. The standard InChI is InChI=1S/C20H32ClN3O2/c1-3-5-11-20(12-6-4-2,24-13-15-26-16-14-24)19(25)23-22-18-9-7-17(21)8-10-18/h7-10,22H,3-6,11-16H2,1-2H3,(H,23,25). The van der Waals surface area contributed by atoms with Gasteiger partial charge in [0.15, 0.2) is 0 Å². The van der Waals surface area contributed by atoms with Gasteiger partial charge in [-0.05, 0) is 37.1 Å². The van der Waals surface area contributed by atoms with E-state index in [1.807, 2.05) is 12.1 Å². The van der Waals surface area contributed by atoms with Crippen molar-refractivity contribution in [3.63, 3.8) is 0 Å². The molecule has 0 aliphatic carbocycles. The molecular formula is C20H32ClN3O2. The molecule has 2 rings (SSSR count). The number of anilines is 1. The number of rotatable bonds is 10. The van der Waals surface area contributed by atoms with Gasteiger partial charge >= 0.3 is 0 Å². The first-order valence-electron chi connectivity index (χ1n) is 9.77. The fourth-order valence-electron chi connectivity index (χ4n) is 3.52. The molecule has 146 valence electrons. The van der Waals surface area contributed by atoms with E-state index in [2.05, 4.69) is 29.6 Å². The number of hydrogen-bond acceptors (Lipinski definition) is 4. The molecule has 1 aromatic rings. The zero-order chi connectivity index (χ0) is 18.8. The number of amides is 1. The second-order valence-corrected chi connectivity index (χ2v) is 7.36. The summed E-state index contributed by atoms with van der Waals surface area (Å²) in [6.07, 6.45) is 5.98. The van der Waals surface area contributed by atoms with Crippen LogP contribution < -0.4 is 10.9 Å². The summed E-state index contributed by atoms with van der Waals surface area (Å²) in [7, 11) is 0. The van der Waals surface area contributed by atoms with Crippen molar-refractivity contribution in [3.05, 3.63) is 29.3 Å². The van der Waals surface area contributed by atoms with Crippen molar-refractivity contribution in [1.82, 2.24) is 10.3 Å². The lowest BCUT2D eigenvalue weighted by Gasteiger charge is -2.44. The van der Waals surface area contributed by atoms with Gasteiger partial charge in [0, 0.05) is 18.1 Å². The van der Waals surface area contributed by atoms with Gasteiger partial charge in [0.1, 0.15) is 5.54 Å². The van der Waals surface area contributed by atoms with Gasteiger partial charge in [-0.2, -0.15) is 0 Å². The maximum atomic E-state index is 13.3. The first kappa shape index (κ1) is 21.0. The van der Waals surface area contributed by atoms with Gasteiger partial charge in [0.2, 0.25) is 0 Å². The third-order valence-corrected chi connectivity index (χ3v) is 5.34. The number of unbranched alkanes of at least 4 members (excludes halogenated alkanes) is 2. The second-order valence-electron chi connectivity index (χ2n) is 6.92. The van der Waals surface area contributed by atoms with Crippen LogP contribution in [0.1, 0.15) is 52.4 Å². The fraction of sp³-hybridized carbons (Fsp3) is 0.650. The molecule has 0 radical (unpaired) electrons. The molecule has 2 N–H and O–H groups in total. The minimum absolute atomic E-state index is 0.0521. The van der Waals surface area contributed by atoms with Crippen molar-refractivity contribution < 1.29 is 9.53 Å². The van der Waals surface area contributed by atoms with Crippen molar-refractivity contribution in [3.8, 4) is 0 Å². The highest BCUT2D eigenvalue weighted by atomic mass is 35.5. The summed E-state index contributed by atoms with van der Waals surface area (Å²) in [5.41, 5.74) is 6.36. The van der Waals surface area contributed by atoms with Crippen LogP contribution in [0.3, 0.4) is 0 Å². The average Bonchev–Trinajstić information content (AvgIpc) is 2.68. The Labute approximate surface area is 162 Å². The molecule has 1 aliphatic heterocycles. The summed E-state index contributed by atoms with van der Waals surface area (Å²) >= 11 is 5.93. The van der Waals surface area contributed by atoms with Gasteiger partial charge in [0.05, 0.1) is 18.9 Å². The Morgan fingerprint density at radius 1 is 1.12 bits per heavy atom. The van der Waals surface area contributed by atoms with Crippen LogP contribution in [0, 0.1) is 0 Å². The van der Waals surface area contributed by atoms with E-state index >= 15 is 0 Å². The fourth-order valence-corrected chi connectivity index (χ4v) is 3.65. The molecule has 6 heteroatoms. The van der Waals surface area contributed by atoms with E-state index < -0.39 is 5.54 Å². The van der Waals surface area contributed by atoms with E-state index in [0.717, 1.165) is 57.3 Å². The number of nitrogens with zero attached hydrogens (tertiary/aromatic N) is 1. The topological polar surface area (TPSA) is 53.6 Å². The highest BCUT2D eigenvalue weighted by Gasteiger charge is 2.43. The van der Waals surface area contributed by atoms with Crippen molar-refractivity contribution in [2.45, 2.75) is 57.9 Å². The van der Waals surface area contributed by atoms with Crippen LogP contribution in [0.5, 0.6) is 0 Å². The Balaban J connectivity index is 2.14. The Hall–Kier alpha value is -1.30. The van der Waals surface area contributed by atoms with Gasteiger partial charge in [-0.15, -0.1) is 0 Å². The van der Waals surface area contributed by atoms with Crippen molar-refractivity contribution >= 4 is 23.2 Å². The highest BCUT2D eigenvalue weighted by Crippen LogP contribution is 2.30. The van der Waals surface area contributed by atoms with E-state index in [9.17, 15) is 4.79 Å². The molecule has 1 amide bonds. The number of ether oxygens (including phenoxy) is 1. The SMILES string of the molecule is CCCCC(CCCC)(C(=O)NNc1ccc(Cl)cc1)N1CCOCC1. The number of hydrazine groups is 1. The van der Waals surface area contributed by atoms with Gasteiger partial charge in [0.25, 0.3) is 5.91 Å². The smallest absolute Gasteiger partial charge is 0.258 e. The minimum atomic E-state index is -0.477. The largest absolute Gasteiger partial charge is 0.379 e. The third kappa shape index (κ3) is 5.60. The molecule has 0 atom stereocenters. The van der Waals surface area contributed by atoms with E-state index in [0.29, 0.717) is 18.2 Å². The van der Waals surface area contributed by atoms with Crippen molar-refractivity contribution in [2.75, 3.05) is 31.7 Å². The molecule has 0 bridgehead atoms. The van der Waals surface area contributed by atoms with Crippen LogP contribution >= 0.6 is 11.6 Å². The van der Waals surface area contributed by atoms with E-state index in [1.54, 1.807) is 12.1 Å². The molecule has 1 fully saturated rings. The Kier molecular flexibility index (Phi) is 8.69. The average molecular weight is 382 g/mol. The predicted octanol–water partition coefficient (Wildman–Crippen LogP) is 4.23. The maximum absolute atomic E-state index is 13.3. The van der Waals surface area contributed by atoms with Gasteiger partial charge in [-0.3, -0.25) is 20.5 Å². The lowest BCUT2D eigenvalue weighted by atomic mass is 9.84. The maximum Gasteiger partial charge on any atom is 0.258 e. The van der Waals surface area contributed by atoms with Crippen molar-refractivity contribution in [2.24, 2.45) is 0 Å². The van der Waals surface area contributed by atoms with Gasteiger partial charge in [-0.1, -0.05) is 51.1 Å². The lowest BCUT2D eigenvalue weighted by Crippen LogP contribution is -2.62. The number of nitrogens with one attached hydrogen (secondary N) is 2. The van der Waals surface area contributed by atoms with Crippen LogP contribution in [-0.4, -0.2) is 42.6 Å². The monoisotopic (exact) mass is 381 g/mol. The predicted molar refractivity (Wildman–Crippen MR) is 107 cm³/mol. The summed E-state index contributed by atoms with van der Waals surface area (Å²) in [6, 6.07) is 7.33. The second kappa shape index (κ2) is 10.8.